The average molecular weight is 437 g/mol. The van der Waals surface area contributed by atoms with E-state index in [1.807, 2.05) is 49.4 Å². The first-order chi connectivity index (χ1) is 15.6. The van der Waals surface area contributed by atoms with Crippen LogP contribution in [0.4, 0.5) is 11.4 Å². The van der Waals surface area contributed by atoms with E-state index < -0.39 is 0 Å². The Hall–Kier alpha value is -3.87. The summed E-state index contributed by atoms with van der Waals surface area (Å²) in [4.78, 5) is 12.3. The maximum Gasteiger partial charge on any atom is 0.262 e. The monoisotopic (exact) mass is 436 g/mol. The summed E-state index contributed by atoms with van der Waals surface area (Å²) in [5.41, 5.74) is 2.68. The zero-order valence-corrected chi connectivity index (χ0v) is 18.5. The zero-order chi connectivity index (χ0) is 22.8. The molecule has 0 saturated carbocycles. The van der Waals surface area contributed by atoms with Crippen LogP contribution in [0.2, 0.25) is 0 Å². The van der Waals surface area contributed by atoms with Gasteiger partial charge in [0.1, 0.15) is 11.5 Å². The van der Waals surface area contributed by atoms with Crippen molar-refractivity contribution in [2.45, 2.75) is 13.5 Å². The quantitative estimate of drug-likeness (QED) is 0.452. The Balaban J connectivity index is 1.57. The summed E-state index contributed by atoms with van der Waals surface area (Å²) >= 11 is 0. The summed E-state index contributed by atoms with van der Waals surface area (Å²) in [6.07, 6.45) is 0. The van der Waals surface area contributed by atoms with Gasteiger partial charge in [-0.3, -0.25) is 4.79 Å². The van der Waals surface area contributed by atoms with Crippen molar-refractivity contribution in [1.82, 2.24) is 0 Å². The van der Waals surface area contributed by atoms with Gasteiger partial charge in [0.2, 0.25) is 0 Å². The Morgan fingerprint density at radius 3 is 2.00 bits per heavy atom. The molecule has 0 aliphatic heterocycles. The fourth-order valence-corrected chi connectivity index (χ4v) is 2.98. The lowest BCUT2D eigenvalue weighted by atomic mass is 10.2. The first-order valence-corrected chi connectivity index (χ1v) is 10.3. The molecule has 0 aliphatic carbocycles. The second kappa shape index (κ2) is 11.5. The Morgan fingerprint density at radius 1 is 0.781 bits per heavy atom. The van der Waals surface area contributed by atoms with Crippen LogP contribution in [0.3, 0.4) is 0 Å². The fourth-order valence-electron chi connectivity index (χ4n) is 2.98. The van der Waals surface area contributed by atoms with Crippen LogP contribution in [0.15, 0.2) is 66.7 Å². The van der Waals surface area contributed by atoms with Gasteiger partial charge in [-0.2, -0.15) is 0 Å². The number of rotatable bonds is 11. The lowest BCUT2D eigenvalue weighted by molar-refractivity contribution is -0.118. The predicted octanol–water partition coefficient (Wildman–Crippen LogP) is 4.73. The number of hydrogen-bond donors (Lipinski definition) is 2. The molecule has 1 amide bonds. The van der Waals surface area contributed by atoms with Crippen molar-refractivity contribution in [1.29, 1.82) is 0 Å². The van der Waals surface area contributed by atoms with Gasteiger partial charge in [0.25, 0.3) is 5.91 Å². The van der Waals surface area contributed by atoms with Crippen LogP contribution in [-0.4, -0.2) is 33.3 Å². The zero-order valence-electron chi connectivity index (χ0n) is 18.5. The molecule has 0 radical (unpaired) electrons. The van der Waals surface area contributed by atoms with E-state index in [1.54, 1.807) is 38.5 Å². The molecule has 3 rings (SSSR count). The van der Waals surface area contributed by atoms with Crippen molar-refractivity contribution in [3.8, 4) is 23.0 Å². The first-order valence-electron chi connectivity index (χ1n) is 10.3. The van der Waals surface area contributed by atoms with Gasteiger partial charge in [0.15, 0.2) is 18.1 Å². The van der Waals surface area contributed by atoms with E-state index in [0.29, 0.717) is 30.3 Å². The van der Waals surface area contributed by atoms with Crippen molar-refractivity contribution in [2.24, 2.45) is 0 Å². The normalized spacial score (nSPS) is 10.2. The number of nitrogens with one attached hydrogen (secondary N) is 2. The van der Waals surface area contributed by atoms with Gasteiger partial charge in [0, 0.05) is 17.9 Å². The van der Waals surface area contributed by atoms with Gasteiger partial charge in [-0.1, -0.05) is 6.07 Å². The highest BCUT2D eigenvalue weighted by molar-refractivity contribution is 5.91. The van der Waals surface area contributed by atoms with E-state index in [1.165, 1.54) is 0 Å². The number of ether oxygens (including phenoxy) is 4. The van der Waals surface area contributed by atoms with Gasteiger partial charge in [-0.25, -0.2) is 0 Å². The molecule has 0 fully saturated rings. The van der Waals surface area contributed by atoms with Crippen molar-refractivity contribution < 1.29 is 23.7 Å². The molecule has 0 unspecified atom stereocenters. The lowest BCUT2D eigenvalue weighted by Crippen LogP contribution is -2.20. The van der Waals surface area contributed by atoms with Crippen LogP contribution >= 0.6 is 0 Å². The van der Waals surface area contributed by atoms with Gasteiger partial charge in [-0.05, 0) is 73.2 Å². The molecular formula is C25H28N2O5. The largest absolute Gasteiger partial charge is 0.497 e. The molecule has 3 aromatic carbocycles. The molecule has 0 aliphatic rings. The molecule has 2 N–H and O–H groups in total. The second-order valence-electron chi connectivity index (χ2n) is 6.86. The number of methoxy groups -OCH3 is 2. The van der Waals surface area contributed by atoms with Crippen LogP contribution in [0, 0.1) is 0 Å². The van der Waals surface area contributed by atoms with E-state index in [9.17, 15) is 4.79 Å². The van der Waals surface area contributed by atoms with E-state index in [-0.39, 0.29) is 12.5 Å². The van der Waals surface area contributed by atoms with Crippen molar-refractivity contribution >= 4 is 17.3 Å². The number of benzene rings is 3. The summed E-state index contributed by atoms with van der Waals surface area (Å²) in [6.45, 7) is 2.88. The molecule has 0 spiro atoms. The van der Waals surface area contributed by atoms with E-state index in [0.717, 1.165) is 22.7 Å². The van der Waals surface area contributed by atoms with Gasteiger partial charge in [0.05, 0.1) is 20.8 Å². The molecule has 3 aromatic rings. The highest BCUT2D eigenvalue weighted by atomic mass is 16.5. The Kier molecular flexibility index (Phi) is 8.20. The fraction of sp³-hybridized carbons (Fsp3) is 0.240. The first kappa shape index (κ1) is 22.8. The highest BCUT2D eigenvalue weighted by Crippen LogP contribution is 2.29. The van der Waals surface area contributed by atoms with E-state index in [2.05, 4.69) is 10.6 Å². The molecule has 0 heterocycles. The van der Waals surface area contributed by atoms with Crippen LogP contribution in [-0.2, 0) is 11.3 Å². The van der Waals surface area contributed by atoms with Crippen molar-refractivity contribution in [3.63, 3.8) is 0 Å². The minimum atomic E-state index is -0.261. The van der Waals surface area contributed by atoms with E-state index in [4.69, 9.17) is 18.9 Å². The Morgan fingerprint density at radius 2 is 1.41 bits per heavy atom. The molecule has 0 bridgehead atoms. The molecule has 32 heavy (non-hydrogen) atoms. The molecule has 7 heteroatoms. The lowest BCUT2D eigenvalue weighted by Gasteiger charge is -2.14. The van der Waals surface area contributed by atoms with Crippen LogP contribution in [0.25, 0.3) is 0 Å². The average Bonchev–Trinajstić information content (AvgIpc) is 2.83. The van der Waals surface area contributed by atoms with Crippen LogP contribution < -0.4 is 29.6 Å². The SMILES string of the molecule is CCOc1cc(CNc2ccc(OC)cc2)ccc1OCC(=O)Nc1ccc(OC)cc1. The summed E-state index contributed by atoms with van der Waals surface area (Å²) in [5.74, 6) is 2.39. The third kappa shape index (κ3) is 6.57. The molecule has 0 aromatic heterocycles. The number of amides is 1. The van der Waals surface area contributed by atoms with Crippen molar-refractivity contribution in [2.75, 3.05) is 38.1 Å². The van der Waals surface area contributed by atoms with Crippen molar-refractivity contribution in [3.05, 3.63) is 72.3 Å². The number of carbonyl (C=O) groups excluding carboxylic acids is 1. The van der Waals surface area contributed by atoms with Gasteiger partial charge >= 0.3 is 0 Å². The maximum absolute atomic E-state index is 12.3. The smallest absolute Gasteiger partial charge is 0.262 e. The topological polar surface area (TPSA) is 78.0 Å². The minimum Gasteiger partial charge on any atom is -0.497 e. The highest BCUT2D eigenvalue weighted by Gasteiger charge is 2.10. The standard InChI is InChI=1S/C25H28N2O5/c1-4-31-24-15-18(16-26-19-6-10-21(29-2)11-7-19)5-14-23(24)32-17-25(28)27-20-8-12-22(30-3)13-9-20/h5-15,26H,4,16-17H2,1-3H3,(H,27,28). The number of carbonyl (C=O) groups is 1. The summed E-state index contributed by atoms with van der Waals surface area (Å²) in [6, 6.07) is 20.5. The summed E-state index contributed by atoms with van der Waals surface area (Å²) in [7, 11) is 3.24. The number of hydrogen-bond acceptors (Lipinski definition) is 6. The van der Waals surface area contributed by atoms with Crippen LogP contribution in [0.1, 0.15) is 12.5 Å². The molecular weight excluding hydrogens is 408 g/mol. The third-order valence-corrected chi connectivity index (χ3v) is 4.63. The second-order valence-corrected chi connectivity index (χ2v) is 6.86. The predicted molar refractivity (Wildman–Crippen MR) is 125 cm³/mol. The molecule has 0 saturated heterocycles. The number of anilines is 2. The Bertz CT molecular complexity index is 1000. The molecule has 0 atom stereocenters. The van der Waals surface area contributed by atoms with Gasteiger partial charge in [-0.15, -0.1) is 0 Å². The van der Waals surface area contributed by atoms with Gasteiger partial charge < -0.3 is 29.6 Å². The minimum absolute atomic E-state index is 0.129. The Labute approximate surface area is 188 Å². The molecule has 7 nitrogen and oxygen atoms in total. The molecule has 168 valence electrons. The maximum atomic E-state index is 12.3. The van der Waals surface area contributed by atoms with Crippen LogP contribution in [0.5, 0.6) is 23.0 Å². The summed E-state index contributed by atoms with van der Waals surface area (Å²) in [5, 5.41) is 6.16. The third-order valence-electron chi connectivity index (χ3n) is 4.63. The van der Waals surface area contributed by atoms with E-state index >= 15 is 0 Å². The summed E-state index contributed by atoms with van der Waals surface area (Å²) < 4.78 is 21.7.